The molecule has 90 valence electrons. The second kappa shape index (κ2) is 5.90. The monoisotopic (exact) mass is 237 g/mol. The van der Waals surface area contributed by atoms with Crippen molar-refractivity contribution >= 4 is 0 Å². The van der Waals surface area contributed by atoms with Crippen molar-refractivity contribution in [3.8, 4) is 17.6 Å². The minimum Gasteiger partial charge on any atom is -0.497 e. The fourth-order valence-corrected chi connectivity index (χ4v) is 1.58. The molecule has 0 heterocycles. The minimum absolute atomic E-state index is 0.256. The highest BCUT2D eigenvalue weighted by atomic mass is 16.5. The van der Waals surface area contributed by atoms with Gasteiger partial charge in [-0.25, -0.2) is 0 Å². The van der Waals surface area contributed by atoms with E-state index in [9.17, 15) is 0 Å². The van der Waals surface area contributed by atoms with Crippen LogP contribution in [0.5, 0.6) is 5.75 Å². The first-order valence-corrected chi connectivity index (χ1v) is 5.76. The van der Waals surface area contributed by atoms with Gasteiger partial charge < -0.3 is 10.5 Å². The Bertz CT molecular complexity index is 549. The molecule has 18 heavy (non-hydrogen) atoms. The third-order valence-electron chi connectivity index (χ3n) is 2.62. The molecule has 1 unspecified atom stereocenters. The van der Waals surface area contributed by atoms with E-state index in [1.165, 1.54) is 0 Å². The summed E-state index contributed by atoms with van der Waals surface area (Å²) in [5.74, 6) is 6.93. The zero-order valence-electron chi connectivity index (χ0n) is 10.3. The Morgan fingerprint density at radius 2 is 1.67 bits per heavy atom. The van der Waals surface area contributed by atoms with E-state index in [1.807, 2.05) is 54.6 Å². The molecule has 2 aromatic carbocycles. The van der Waals surface area contributed by atoms with E-state index < -0.39 is 0 Å². The van der Waals surface area contributed by atoms with Gasteiger partial charge in [-0.3, -0.25) is 0 Å². The fraction of sp³-hybridized carbons (Fsp3) is 0.125. The van der Waals surface area contributed by atoms with E-state index >= 15 is 0 Å². The average molecular weight is 237 g/mol. The summed E-state index contributed by atoms with van der Waals surface area (Å²) < 4.78 is 5.09. The van der Waals surface area contributed by atoms with Gasteiger partial charge >= 0.3 is 0 Å². The predicted molar refractivity (Wildman–Crippen MR) is 73.2 cm³/mol. The Morgan fingerprint density at radius 1 is 1.00 bits per heavy atom. The molecule has 2 nitrogen and oxygen atoms in total. The van der Waals surface area contributed by atoms with Gasteiger partial charge in [-0.2, -0.15) is 0 Å². The minimum atomic E-state index is -0.256. The summed E-state index contributed by atoms with van der Waals surface area (Å²) in [6, 6.07) is 17.2. The molecule has 1 atom stereocenters. The molecule has 0 aliphatic rings. The molecule has 0 radical (unpaired) electrons. The number of benzene rings is 2. The molecule has 0 saturated heterocycles. The largest absolute Gasteiger partial charge is 0.497 e. The lowest BCUT2D eigenvalue weighted by Crippen LogP contribution is -2.06. The Hall–Kier alpha value is -2.24. The fourth-order valence-electron chi connectivity index (χ4n) is 1.58. The van der Waals surface area contributed by atoms with Gasteiger partial charge in [0.05, 0.1) is 13.2 Å². The van der Waals surface area contributed by atoms with E-state index in [0.717, 1.165) is 16.9 Å². The molecule has 2 N–H and O–H groups in total. The highest BCUT2D eigenvalue weighted by Crippen LogP contribution is 2.11. The second-order valence-electron chi connectivity index (χ2n) is 3.89. The van der Waals surface area contributed by atoms with Gasteiger partial charge in [-0.15, -0.1) is 0 Å². The van der Waals surface area contributed by atoms with Crippen molar-refractivity contribution in [1.29, 1.82) is 0 Å². The Morgan fingerprint density at radius 3 is 2.28 bits per heavy atom. The maximum atomic E-state index is 6.00. The van der Waals surface area contributed by atoms with Gasteiger partial charge in [0.1, 0.15) is 5.75 Å². The first kappa shape index (κ1) is 12.2. The van der Waals surface area contributed by atoms with Gasteiger partial charge in [0, 0.05) is 5.56 Å². The number of hydrogen-bond donors (Lipinski definition) is 1. The summed E-state index contributed by atoms with van der Waals surface area (Å²) in [5.41, 5.74) is 7.96. The third-order valence-corrected chi connectivity index (χ3v) is 2.62. The highest BCUT2D eigenvalue weighted by molar-refractivity contribution is 5.40. The van der Waals surface area contributed by atoms with Crippen LogP contribution >= 0.6 is 0 Å². The van der Waals surface area contributed by atoms with Crippen molar-refractivity contribution < 1.29 is 4.74 Å². The van der Waals surface area contributed by atoms with E-state index in [4.69, 9.17) is 10.5 Å². The molecule has 2 aromatic rings. The molecule has 2 rings (SSSR count). The predicted octanol–water partition coefficient (Wildman–Crippen LogP) is 2.75. The van der Waals surface area contributed by atoms with E-state index in [0.29, 0.717) is 0 Å². The second-order valence-corrected chi connectivity index (χ2v) is 3.89. The van der Waals surface area contributed by atoms with Crippen LogP contribution in [0.3, 0.4) is 0 Å². The standard InChI is InChI=1S/C16H15NO/c1-18-15-10-7-13(8-11-15)9-12-16(17)14-5-3-2-4-6-14/h2-8,10-11,16H,17H2,1H3. The Kier molecular flexibility index (Phi) is 4.01. The van der Waals surface area contributed by atoms with Crippen LogP contribution < -0.4 is 10.5 Å². The molecule has 0 aliphatic heterocycles. The van der Waals surface area contributed by atoms with Gasteiger partial charge in [0.15, 0.2) is 0 Å². The summed E-state index contributed by atoms with van der Waals surface area (Å²) in [7, 11) is 1.64. The van der Waals surface area contributed by atoms with E-state index in [2.05, 4.69) is 11.8 Å². The average Bonchev–Trinajstić information content (AvgIpc) is 2.46. The van der Waals surface area contributed by atoms with Crippen LogP contribution in [0.4, 0.5) is 0 Å². The molecular weight excluding hydrogens is 222 g/mol. The van der Waals surface area contributed by atoms with Crippen LogP contribution in [-0.2, 0) is 0 Å². The van der Waals surface area contributed by atoms with E-state index in [-0.39, 0.29) is 6.04 Å². The molecule has 0 bridgehead atoms. The molecule has 0 amide bonds. The van der Waals surface area contributed by atoms with Gasteiger partial charge in [0.25, 0.3) is 0 Å². The molecule has 0 fully saturated rings. The Labute approximate surface area is 107 Å². The van der Waals surface area contributed by atoms with Crippen molar-refractivity contribution in [1.82, 2.24) is 0 Å². The summed E-state index contributed by atoms with van der Waals surface area (Å²) in [4.78, 5) is 0. The van der Waals surface area contributed by atoms with Crippen LogP contribution in [-0.4, -0.2) is 7.11 Å². The van der Waals surface area contributed by atoms with Crippen molar-refractivity contribution in [3.05, 3.63) is 65.7 Å². The number of methoxy groups -OCH3 is 1. The van der Waals surface area contributed by atoms with Crippen LogP contribution in [0.1, 0.15) is 17.2 Å². The summed E-state index contributed by atoms with van der Waals surface area (Å²) >= 11 is 0. The summed E-state index contributed by atoms with van der Waals surface area (Å²) in [6.07, 6.45) is 0. The van der Waals surface area contributed by atoms with Crippen LogP contribution in [0.25, 0.3) is 0 Å². The quantitative estimate of drug-likeness (QED) is 0.815. The summed E-state index contributed by atoms with van der Waals surface area (Å²) in [6.45, 7) is 0. The smallest absolute Gasteiger partial charge is 0.118 e. The van der Waals surface area contributed by atoms with Gasteiger partial charge in [-0.05, 0) is 29.8 Å². The lowest BCUT2D eigenvalue weighted by molar-refractivity contribution is 0.415. The van der Waals surface area contributed by atoms with E-state index in [1.54, 1.807) is 7.11 Å². The molecule has 0 saturated carbocycles. The maximum absolute atomic E-state index is 6.00. The lowest BCUT2D eigenvalue weighted by Gasteiger charge is -2.03. The van der Waals surface area contributed by atoms with Crippen molar-refractivity contribution in [2.45, 2.75) is 6.04 Å². The molecule has 0 aromatic heterocycles. The zero-order chi connectivity index (χ0) is 12.8. The van der Waals surface area contributed by atoms with Crippen LogP contribution in [0.15, 0.2) is 54.6 Å². The number of rotatable bonds is 2. The lowest BCUT2D eigenvalue weighted by atomic mass is 10.1. The van der Waals surface area contributed by atoms with Gasteiger partial charge in [-0.1, -0.05) is 42.2 Å². The number of ether oxygens (including phenoxy) is 1. The maximum Gasteiger partial charge on any atom is 0.118 e. The Balaban J connectivity index is 2.11. The van der Waals surface area contributed by atoms with Crippen molar-refractivity contribution in [2.24, 2.45) is 5.73 Å². The normalized spacial score (nSPS) is 11.2. The van der Waals surface area contributed by atoms with Crippen molar-refractivity contribution in [2.75, 3.05) is 7.11 Å². The third kappa shape index (κ3) is 3.13. The SMILES string of the molecule is COc1ccc(C#CC(N)c2ccccc2)cc1. The van der Waals surface area contributed by atoms with Crippen LogP contribution in [0, 0.1) is 11.8 Å². The molecule has 2 heteroatoms. The van der Waals surface area contributed by atoms with Crippen molar-refractivity contribution in [3.63, 3.8) is 0 Å². The topological polar surface area (TPSA) is 35.2 Å². The van der Waals surface area contributed by atoms with Gasteiger partial charge in [0.2, 0.25) is 0 Å². The highest BCUT2D eigenvalue weighted by Gasteiger charge is 1.99. The summed E-state index contributed by atoms with van der Waals surface area (Å²) in [5, 5.41) is 0. The van der Waals surface area contributed by atoms with Crippen LogP contribution in [0.2, 0.25) is 0 Å². The molecule has 0 spiro atoms. The number of nitrogens with two attached hydrogens (primary N) is 1. The zero-order valence-corrected chi connectivity index (χ0v) is 10.3. The molecular formula is C16H15NO. The molecule has 0 aliphatic carbocycles. The first-order chi connectivity index (χ1) is 8.79. The number of hydrogen-bond acceptors (Lipinski definition) is 2. The first-order valence-electron chi connectivity index (χ1n) is 5.76.